The number of aromatic nitrogens is 1. The van der Waals surface area contributed by atoms with Crippen molar-refractivity contribution in [3.05, 3.63) is 53.7 Å². The summed E-state index contributed by atoms with van der Waals surface area (Å²) in [6.07, 6.45) is 4.90. The van der Waals surface area contributed by atoms with Gasteiger partial charge in [-0.3, -0.25) is 4.98 Å². The smallest absolute Gasteiger partial charge is 0.144 e. The molecule has 3 nitrogen and oxygen atoms in total. The van der Waals surface area contributed by atoms with E-state index in [4.69, 9.17) is 0 Å². The molecular weight excluding hydrogens is 248 g/mol. The molecular formula is C17H18N2O. The molecule has 2 aromatic rings. The van der Waals surface area contributed by atoms with E-state index in [2.05, 4.69) is 42.3 Å². The predicted molar refractivity (Wildman–Crippen MR) is 82.4 cm³/mol. The van der Waals surface area contributed by atoms with Gasteiger partial charge in [-0.25, -0.2) is 0 Å². The third-order valence-electron chi connectivity index (χ3n) is 3.56. The van der Waals surface area contributed by atoms with E-state index in [0.717, 1.165) is 22.5 Å². The summed E-state index contributed by atoms with van der Waals surface area (Å²) in [7, 11) is 0. The van der Waals surface area contributed by atoms with Crippen LogP contribution >= 0.6 is 0 Å². The van der Waals surface area contributed by atoms with Crippen LogP contribution in [0.2, 0.25) is 0 Å². The summed E-state index contributed by atoms with van der Waals surface area (Å²) >= 11 is 0. The average Bonchev–Trinajstić information content (AvgIpc) is 2.46. The predicted octanol–water partition coefficient (Wildman–Crippen LogP) is 3.63. The molecule has 3 heteroatoms. The Bertz CT molecular complexity index is 662. The molecule has 1 aromatic carbocycles. The fourth-order valence-corrected chi connectivity index (χ4v) is 2.35. The molecule has 2 N–H and O–H groups in total. The van der Waals surface area contributed by atoms with Gasteiger partial charge in [0, 0.05) is 17.4 Å². The van der Waals surface area contributed by atoms with Crippen LogP contribution in [-0.2, 0) is 0 Å². The van der Waals surface area contributed by atoms with Crippen LogP contribution in [0.15, 0.2) is 42.6 Å². The van der Waals surface area contributed by atoms with Crippen molar-refractivity contribution in [2.45, 2.75) is 26.0 Å². The first-order chi connectivity index (χ1) is 9.63. The number of hydrogen-bond donors (Lipinski definition) is 2. The van der Waals surface area contributed by atoms with Crippen molar-refractivity contribution in [1.29, 1.82) is 0 Å². The number of benzene rings is 1. The highest BCUT2D eigenvalue weighted by atomic mass is 16.3. The SMILES string of the molecule is CC(C)c1ccnc(-c2ccc3c(c2)NC(O)C=C3)c1. The van der Waals surface area contributed by atoms with E-state index in [-0.39, 0.29) is 0 Å². The lowest BCUT2D eigenvalue weighted by Crippen LogP contribution is -2.18. The molecule has 0 spiro atoms. The Morgan fingerprint density at radius 1 is 1.20 bits per heavy atom. The minimum atomic E-state index is -0.618. The number of hydrogen-bond acceptors (Lipinski definition) is 3. The zero-order valence-electron chi connectivity index (χ0n) is 11.7. The molecule has 1 atom stereocenters. The van der Waals surface area contributed by atoms with E-state index < -0.39 is 6.23 Å². The van der Waals surface area contributed by atoms with Crippen LogP contribution in [0.25, 0.3) is 17.3 Å². The van der Waals surface area contributed by atoms with Gasteiger partial charge in [0.15, 0.2) is 0 Å². The molecule has 102 valence electrons. The van der Waals surface area contributed by atoms with Gasteiger partial charge in [-0.1, -0.05) is 32.1 Å². The van der Waals surface area contributed by atoms with Crippen LogP contribution < -0.4 is 5.32 Å². The van der Waals surface area contributed by atoms with Crippen LogP contribution in [0, 0.1) is 0 Å². The summed E-state index contributed by atoms with van der Waals surface area (Å²) < 4.78 is 0. The molecule has 1 unspecified atom stereocenters. The average molecular weight is 266 g/mol. The normalized spacial score (nSPS) is 16.9. The highest BCUT2D eigenvalue weighted by Crippen LogP contribution is 2.29. The third-order valence-corrected chi connectivity index (χ3v) is 3.56. The van der Waals surface area contributed by atoms with Gasteiger partial charge in [-0.15, -0.1) is 0 Å². The lowest BCUT2D eigenvalue weighted by Gasteiger charge is -2.19. The summed E-state index contributed by atoms with van der Waals surface area (Å²) in [5.41, 5.74) is 5.32. The van der Waals surface area contributed by atoms with Crippen LogP contribution in [0.1, 0.15) is 30.9 Å². The van der Waals surface area contributed by atoms with Crippen molar-refractivity contribution in [2.24, 2.45) is 0 Å². The van der Waals surface area contributed by atoms with Gasteiger partial charge in [0.25, 0.3) is 0 Å². The first-order valence-electron chi connectivity index (χ1n) is 6.86. The zero-order valence-corrected chi connectivity index (χ0v) is 11.7. The molecule has 20 heavy (non-hydrogen) atoms. The molecule has 0 amide bonds. The van der Waals surface area contributed by atoms with E-state index in [0.29, 0.717) is 5.92 Å². The first-order valence-corrected chi connectivity index (χ1v) is 6.86. The fraction of sp³-hybridized carbons (Fsp3) is 0.235. The van der Waals surface area contributed by atoms with E-state index in [1.54, 1.807) is 6.08 Å². The van der Waals surface area contributed by atoms with Crippen molar-refractivity contribution < 1.29 is 5.11 Å². The molecule has 1 aliphatic rings. The number of rotatable bonds is 2. The molecule has 1 aromatic heterocycles. The Kier molecular flexibility index (Phi) is 3.28. The number of pyridine rings is 1. The number of anilines is 1. The molecule has 2 heterocycles. The number of aliphatic hydroxyl groups excluding tert-OH is 1. The molecule has 0 fully saturated rings. The molecule has 0 saturated carbocycles. The zero-order chi connectivity index (χ0) is 14.1. The maximum Gasteiger partial charge on any atom is 0.144 e. The maximum absolute atomic E-state index is 9.62. The van der Waals surface area contributed by atoms with Gasteiger partial charge in [0.05, 0.1) is 5.69 Å². The summed E-state index contributed by atoms with van der Waals surface area (Å²) in [6, 6.07) is 10.3. The highest BCUT2D eigenvalue weighted by Gasteiger charge is 2.11. The Hall–Kier alpha value is -2.13. The first kappa shape index (κ1) is 12.9. The van der Waals surface area contributed by atoms with E-state index in [1.807, 2.05) is 24.4 Å². The van der Waals surface area contributed by atoms with Crippen molar-refractivity contribution in [3.63, 3.8) is 0 Å². The highest BCUT2D eigenvalue weighted by molar-refractivity contribution is 5.76. The second-order valence-corrected chi connectivity index (χ2v) is 5.38. The second kappa shape index (κ2) is 5.10. The van der Waals surface area contributed by atoms with E-state index in [1.165, 1.54) is 5.56 Å². The number of fused-ring (bicyclic) bond motifs is 1. The van der Waals surface area contributed by atoms with E-state index >= 15 is 0 Å². The van der Waals surface area contributed by atoms with Crippen LogP contribution in [0.4, 0.5) is 5.69 Å². The van der Waals surface area contributed by atoms with Crippen LogP contribution in [-0.4, -0.2) is 16.3 Å². The van der Waals surface area contributed by atoms with Crippen molar-refractivity contribution in [3.8, 4) is 11.3 Å². The Morgan fingerprint density at radius 3 is 2.85 bits per heavy atom. The summed E-state index contributed by atoms with van der Waals surface area (Å²) in [6.45, 7) is 4.35. The van der Waals surface area contributed by atoms with Crippen molar-refractivity contribution >= 4 is 11.8 Å². The molecule has 3 rings (SSSR count). The summed E-state index contributed by atoms with van der Waals surface area (Å²) in [5.74, 6) is 0.484. The quantitative estimate of drug-likeness (QED) is 0.872. The largest absolute Gasteiger partial charge is 0.370 e. The lowest BCUT2D eigenvalue weighted by atomic mass is 9.99. The number of aliphatic hydroxyl groups is 1. The minimum Gasteiger partial charge on any atom is -0.370 e. The van der Waals surface area contributed by atoms with Crippen molar-refractivity contribution in [1.82, 2.24) is 4.98 Å². The van der Waals surface area contributed by atoms with Gasteiger partial charge < -0.3 is 10.4 Å². The van der Waals surface area contributed by atoms with Gasteiger partial charge in [-0.05, 0) is 41.3 Å². The second-order valence-electron chi connectivity index (χ2n) is 5.38. The topological polar surface area (TPSA) is 45.2 Å². The minimum absolute atomic E-state index is 0.484. The molecule has 0 saturated heterocycles. The maximum atomic E-state index is 9.62. The lowest BCUT2D eigenvalue weighted by molar-refractivity contribution is 0.252. The number of nitrogens with one attached hydrogen (secondary N) is 1. The van der Waals surface area contributed by atoms with Gasteiger partial charge >= 0.3 is 0 Å². The number of nitrogens with zero attached hydrogens (tertiary/aromatic N) is 1. The van der Waals surface area contributed by atoms with Crippen LogP contribution in [0.5, 0.6) is 0 Å². The Morgan fingerprint density at radius 2 is 2.05 bits per heavy atom. The van der Waals surface area contributed by atoms with Crippen LogP contribution in [0.3, 0.4) is 0 Å². The molecule has 0 bridgehead atoms. The molecule has 0 radical (unpaired) electrons. The van der Waals surface area contributed by atoms with Crippen molar-refractivity contribution in [2.75, 3.05) is 5.32 Å². The standard InChI is InChI=1S/C17H18N2O/c1-11(2)13-7-8-18-15(9-13)14-4-3-12-5-6-17(20)19-16(12)10-14/h3-11,17,19-20H,1-2H3. The summed E-state index contributed by atoms with van der Waals surface area (Å²) in [4.78, 5) is 4.45. The fourth-order valence-electron chi connectivity index (χ4n) is 2.35. The van der Waals surface area contributed by atoms with Gasteiger partial charge in [-0.2, -0.15) is 0 Å². The molecule has 0 aliphatic carbocycles. The molecule has 1 aliphatic heterocycles. The van der Waals surface area contributed by atoms with E-state index in [9.17, 15) is 5.11 Å². The summed E-state index contributed by atoms with van der Waals surface area (Å²) in [5, 5.41) is 12.7. The van der Waals surface area contributed by atoms with Gasteiger partial charge in [0.2, 0.25) is 0 Å². The Balaban J connectivity index is 2.01. The monoisotopic (exact) mass is 266 g/mol. The van der Waals surface area contributed by atoms with Gasteiger partial charge in [0.1, 0.15) is 6.23 Å². The Labute approximate surface area is 119 Å². The third kappa shape index (κ3) is 2.45.